The summed E-state index contributed by atoms with van der Waals surface area (Å²) in [6.45, 7) is 9.96. The summed E-state index contributed by atoms with van der Waals surface area (Å²) in [7, 11) is 0. The highest BCUT2D eigenvalue weighted by molar-refractivity contribution is 5.78. The van der Waals surface area contributed by atoms with Crippen molar-refractivity contribution in [3.05, 3.63) is 35.9 Å². The lowest BCUT2D eigenvalue weighted by atomic mass is 9.85. The van der Waals surface area contributed by atoms with Crippen LogP contribution in [0.25, 0.3) is 0 Å². The molecule has 1 amide bonds. The Balaban J connectivity index is 2.66. The first kappa shape index (κ1) is 16.7. The van der Waals surface area contributed by atoms with Crippen LogP contribution in [0.4, 0.5) is 0 Å². The molecule has 0 saturated carbocycles. The van der Waals surface area contributed by atoms with Crippen LogP contribution < -0.4 is 10.6 Å². The predicted octanol–water partition coefficient (Wildman–Crippen LogP) is 3.28. The van der Waals surface area contributed by atoms with Crippen molar-refractivity contribution in [1.82, 2.24) is 10.6 Å². The SMILES string of the molecule is CCCNCC(=O)NC(CC(C)(C)C)c1ccccc1. The molecule has 0 radical (unpaired) electrons. The average molecular weight is 276 g/mol. The summed E-state index contributed by atoms with van der Waals surface area (Å²) < 4.78 is 0. The highest BCUT2D eigenvalue weighted by atomic mass is 16.1. The first-order chi connectivity index (χ1) is 9.42. The van der Waals surface area contributed by atoms with Crippen molar-refractivity contribution in [2.75, 3.05) is 13.1 Å². The molecule has 1 rings (SSSR count). The lowest BCUT2D eigenvalue weighted by Gasteiger charge is -2.27. The molecule has 1 atom stereocenters. The van der Waals surface area contributed by atoms with Crippen molar-refractivity contribution in [2.45, 2.75) is 46.6 Å². The summed E-state index contributed by atoms with van der Waals surface area (Å²) >= 11 is 0. The predicted molar refractivity (Wildman–Crippen MR) is 84.6 cm³/mol. The largest absolute Gasteiger partial charge is 0.348 e. The minimum absolute atomic E-state index is 0.0663. The number of nitrogens with one attached hydrogen (secondary N) is 2. The molecule has 1 aromatic rings. The fourth-order valence-electron chi connectivity index (χ4n) is 2.17. The van der Waals surface area contributed by atoms with Gasteiger partial charge in [-0.3, -0.25) is 4.79 Å². The number of hydrogen-bond donors (Lipinski definition) is 2. The van der Waals surface area contributed by atoms with Crippen molar-refractivity contribution in [3.63, 3.8) is 0 Å². The van der Waals surface area contributed by atoms with Crippen LogP contribution in [0.3, 0.4) is 0 Å². The van der Waals surface area contributed by atoms with Gasteiger partial charge in [0.15, 0.2) is 0 Å². The summed E-state index contributed by atoms with van der Waals surface area (Å²) in [6.07, 6.45) is 1.97. The molecule has 0 aliphatic heterocycles. The van der Waals surface area contributed by atoms with E-state index in [-0.39, 0.29) is 17.4 Å². The van der Waals surface area contributed by atoms with Crippen LogP contribution in [0.2, 0.25) is 0 Å². The van der Waals surface area contributed by atoms with Crippen LogP contribution in [0.5, 0.6) is 0 Å². The third kappa shape index (κ3) is 6.71. The summed E-state index contributed by atoms with van der Waals surface area (Å²) in [5.41, 5.74) is 1.34. The Kier molecular flexibility index (Phi) is 6.73. The summed E-state index contributed by atoms with van der Waals surface area (Å²) in [6, 6.07) is 10.3. The maximum absolute atomic E-state index is 12.0. The van der Waals surface area contributed by atoms with Gasteiger partial charge in [0.05, 0.1) is 12.6 Å². The zero-order chi connectivity index (χ0) is 15.0. The topological polar surface area (TPSA) is 41.1 Å². The maximum atomic E-state index is 12.0. The minimum atomic E-state index is 0.0663. The van der Waals surface area contributed by atoms with Gasteiger partial charge in [-0.25, -0.2) is 0 Å². The molecule has 0 spiro atoms. The molecular weight excluding hydrogens is 248 g/mol. The molecule has 0 bridgehead atoms. The summed E-state index contributed by atoms with van der Waals surface area (Å²) in [4.78, 5) is 12.0. The Hall–Kier alpha value is -1.35. The Morgan fingerprint density at radius 2 is 1.85 bits per heavy atom. The van der Waals surface area contributed by atoms with Crippen molar-refractivity contribution in [3.8, 4) is 0 Å². The van der Waals surface area contributed by atoms with E-state index in [4.69, 9.17) is 0 Å². The van der Waals surface area contributed by atoms with Crippen LogP contribution in [0, 0.1) is 5.41 Å². The van der Waals surface area contributed by atoms with Crippen LogP contribution >= 0.6 is 0 Å². The molecule has 3 heteroatoms. The molecule has 1 aromatic carbocycles. The molecule has 3 nitrogen and oxygen atoms in total. The number of benzene rings is 1. The van der Waals surface area contributed by atoms with Gasteiger partial charge in [0.25, 0.3) is 0 Å². The quantitative estimate of drug-likeness (QED) is 0.750. The van der Waals surface area contributed by atoms with E-state index in [1.807, 2.05) is 18.2 Å². The monoisotopic (exact) mass is 276 g/mol. The molecule has 112 valence electrons. The molecule has 20 heavy (non-hydrogen) atoms. The molecular formula is C17H28N2O. The zero-order valence-corrected chi connectivity index (χ0v) is 13.2. The van der Waals surface area contributed by atoms with Gasteiger partial charge in [0, 0.05) is 0 Å². The number of amides is 1. The molecule has 2 N–H and O–H groups in total. The van der Waals surface area contributed by atoms with E-state index in [2.05, 4.69) is 50.5 Å². The minimum Gasteiger partial charge on any atom is -0.348 e. The molecule has 0 aromatic heterocycles. The smallest absolute Gasteiger partial charge is 0.234 e. The molecule has 0 aliphatic rings. The van der Waals surface area contributed by atoms with E-state index in [1.54, 1.807) is 0 Å². The van der Waals surface area contributed by atoms with Crippen LogP contribution in [0.15, 0.2) is 30.3 Å². The first-order valence-corrected chi connectivity index (χ1v) is 7.47. The van der Waals surface area contributed by atoms with Gasteiger partial charge in [0.1, 0.15) is 0 Å². The van der Waals surface area contributed by atoms with Gasteiger partial charge in [-0.2, -0.15) is 0 Å². The molecule has 0 saturated heterocycles. The van der Waals surface area contributed by atoms with E-state index in [0.717, 1.165) is 19.4 Å². The first-order valence-electron chi connectivity index (χ1n) is 7.47. The third-order valence-corrected chi connectivity index (χ3v) is 3.07. The lowest BCUT2D eigenvalue weighted by molar-refractivity contribution is -0.121. The van der Waals surface area contributed by atoms with Crippen LogP contribution in [0.1, 0.15) is 52.1 Å². The fourth-order valence-corrected chi connectivity index (χ4v) is 2.17. The molecule has 0 fully saturated rings. The van der Waals surface area contributed by atoms with E-state index in [9.17, 15) is 4.79 Å². The van der Waals surface area contributed by atoms with Crippen molar-refractivity contribution in [2.24, 2.45) is 5.41 Å². The van der Waals surface area contributed by atoms with Gasteiger partial charge in [-0.15, -0.1) is 0 Å². The Bertz CT molecular complexity index is 395. The lowest BCUT2D eigenvalue weighted by Crippen LogP contribution is -2.37. The third-order valence-electron chi connectivity index (χ3n) is 3.07. The Labute approximate surface area is 123 Å². The zero-order valence-electron chi connectivity index (χ0n) is 13.2. The summed E-state index contributed by atoms with van der Waals surface area (Å²) in [5.74, 6) is 0.0663. The van der Waals surface area contributed by atoms with Gasteiger partial charge in [-0.05, 0) is 30.4 Å². The number of hydrogen-bond acceptors (Lipinski definition) is 2. The van der Waals surface area contributed by atoms with E-state index in [1.165, 1.54) is 5.56 Å². The average Bonchev–Trinajstić information content (AvgIpc) is 2.38. The molecule has 0 aliphatic carbocycles. The maximum Gasteiger partial charge on any atom is 0.234 e. The van der Waals surface area contributed by atoms with Gasteiger partial charge < -0.3 is 10.6 Å². The number of carbonyl (C=O) groups excluding carboxylic acids is 1. The Morgan fingerprint density at radius 1 is 1.20 bits per heavy atom. The van der Waals surface area contributed by atoms with Crippen molar-refractivity contribution in [1.29, 1.82) is 0 Å². The highest BCUT2D eigenvalue weighted by Gasteiger charge is 2.21. The fraction of sp³-hybridized carbons (Fsp3) is 0.588. The van der Waals surface area contributed by atoms with Crippen LogP contribution in [-0.4, -0.2) is 19.0 Å². The second kappa shape index (κ2) is 8.05. The second-order valence-electron chi connectivity index (χ2n) is 6.47. The van der Waals surface area contributed by atoms with E-state index < -0.39 is 0 Å². The number of rotatable bonds is 7. The van der Waals surface area contributed by atoms with Gasteiger partial charge >= 0.3 is 0 Å². The van der Waals surface area contributed by atoms with Crippen molar-refractivity contribution < 1.29 is 4.79 Å². The number of carbonyl (C=O) groups is 1. The summed E-state index contributed by atoms with van der Waals surface area (Å²) in [5, 5.41) is 6.29. The van der Waals surface area contributed by atoms with Gasteiger partial charge in [-0.1, -0.05) is 58.0 Å². The van der Waals surface area contributed by atoms with Gasteiger partial charge in [0.2, 0.25) is 5.91 Å². The standard InChI is InChI=1S/C17H28N2O/c1-5-11-18-13-16(20)19-15(12-17(2,3)4)14-9-7-6-8-10-14/h6-10,15,18H,5,11-13H2,1-4H3,(H,19,20). The van der Waals surface area contributed by atoms with E-state index in [0.29, 0.717) is 6.54 Å². The van der Waals surface area contributed by atoms with E-state index >= 15 is 0 Å². The normalized spacial score (nSPS) is 13.0. The van der Waals surface area contributed by atoms with Crippen LogP contribution in [-0.2, 0) is 4.79 Å². The highest BCUT2D eigenvalue weighted by Crippen LogP contribution is 2.29. The molecule has 1 unspecified atom stereocenters. The molecule has 0 heterocycles. The van der Waals surface area contributed by atoms with Crippen molar-refractivity contribution >= 4 is 5.91 Å². The Morgan fingerprint density at radius 3 is 2.40 bits per heavy atom. The second-order valence-corrected chi connectivity index (χ2v) is 6.47.